The first-order valence-electron chi connectivity index (χ1n) is 3.23. The summed E-state index contributed by atoms with van der Waals surface area (Å²) in [6.45, 7) is 7.20. The Labute approximate surface area is 71.8 Å². The second-order valence-electron chi connectivity index (χ2n) is 2.08. The van der Waals surface area contributed by atoms with Gasteiger partial charge in [-0.15, -0.1) is 0 Å². The summed E-state index contributed by atoms with van der Waals surface area (Å²) >= 11 is 5.87. The molecule has 0 spiro atoms. The van der Waals surface area contributed by atoms with Gasteiger partial charge in [0, 0.05) is 10.6 Å². The fourth-order valence-electron chi connectivity index (χ4n) is 0.899. The van der Waals surface area contributed by atoms with Crippen LogP contribution < -0.4 is 0 Å². The van der Waals surface area contributed by atoms with E-state index in [1.807, 2.05) is 18.2 Å². The van der Waals surface area contributed by atoms with E-state index < -0.39 is 0 Å². The van der Waals surface area contributed by atoms with Crippen LogP contribution >= 0.6 is 11.6 Å². The van der Waals surface area contributed by atoms with E-state index in [0.29, 0.717) is 5.02 Å². The molecular formula is C10H8Cl. The van der Waals surface area contributed by atoms with Crippen molar-refractivity contribution < 1.29 is 0 Å². The molecule has 1 aromatic rings. The molecule has 0 bridgehead atoms. The fraction of sp³-hybridized carbons (Fsp3) is 0. The van der Waals surface area contributed by atoms with E-state index in [0.717, 1.165) is 11.1 Å². The van der Waals surface area contributed by atoms with E-state index in [2.05, 4.69) is 19.2 Å². The van der Waals surface area contributed by atoms with Crippen LogP contribution in [0.1, 0.15) is 11.1 Å². The van der Waals surface area contributed by atoms with Gasteiger partial charge in [-0.2, -0.15) is 0 Å². The lowest BCUT2D eigenvalue weighted by Crippen LogP contribution is -1.81. The maximum absolute atomic E-state index is 5.87. The molecule has 11 heavy (non-hydrogen) atoms. The molecule has 1 radical (unpaired) electrons. The molecule has 0 aliphatic rings. The maximum Gasteiger partial charge on any atom is 0.0484 e. The van der Waals surface area contributed by atoms with Gasteiger partial charge in [0.25, 0.3) is 0 Å². The van der Waals surface area contributed by atoms with Gasteiger partial charge in [0.05, 0.1) is 0 Å². The number of halogens is 1. The number of hydrogen-bond donors (Lipinski definition) is 0. The molecule has 0 atom stereocenters. The third-order valence-electron chi connectivity index (χ3n) is 1.45. The third-order valence-corrected chi connectivity index (χ3v) is 1.78. The number of hydrogen-bond acceptors (Lipinski definition) is 0. The molecule has 0 nitrogen and oxygen atoms in total. The number of rotatable bonds is 2. The van der Waals surface area contributed by atoms with Crippen LogP contribution in [0.2, 0.25) is 5.02 Å². The zero-order chi connectivity index (χ0) is 8.27. The van der Waals surface area contributed by atoms with Crippen LogP contribution in [0.3, 0.4) is 0 Å². The minimum Gasteiger partial charge on any atom is -0.0984 e. The van der Waals surface area contributed by atoms with Crippen molar-refractivity contribution in [3.05, 3.63) is 53.6 Å². The van der Waals surface area contributed by atoms with E-state index >= 15 is 0 Å². The molecule has 1 rings (SSSR count). The molecular weight excluding hydrogens is 156 g/mol. The van der Waals surface area contributed by atoms with Crippen LogP contribution in [-0.4, -0.2) is 0 Å². The minimum atomic E-state index is 0.689. The Morgan fingerprint density at radius 2 is 2.18 bits per heavy atom. The van der Waals surface area contributed by atoms with Gasteiger partial charge in [0.1, 0.15) is 0 Å². The molecule has 1 aromatic carbocycles. The van der Waals surface area contributed by atoms with E-state index in [-0.39, 0.29) is 0 Å². The zero-order valence-electron chi connectivity index (χ0n) is 6.10. The first-order valence-corrected chi connectivity index (χ1v) is 3.61. The van der Waals surface area contributed by atoms with E-state index in [9.17, 15) is 0 Å². The lowest BCUT2D eigenvalue weighted by molar-refractivity contribution is 1.54. The summed E-state index contributed by atoms with van der Waals surface area (Å²) in [5.41, 5.74) is 1.79. The van der Waals surface area contributed by atoms with Crippen LogP contribution in [0.5, 0.6) is 0 Å². The van der Waals surface area contributed by atoms with Gasteiger partial charge in [0.2, 0.25) is 0 Å². The molecule has 1 heteroatoms. The van der Waals surface area contributed by atoms with Gasteiger partial charge in [-0.25, -0.2) is 0 Å². The molecule has 0 aromatic heterocycles. The monoisotopic (exact) mass is 163 g/mol. The van der Waals surface area contributed by atoms with Crippen molar-refractivity contribution in [2.45, 2.75) is 0 Å². The highest BCUT2D eigenvalue weighted by Crippen LogP contribution is 2.20. The number of benzene rings is 1. The molecule has 0 aliphatic carbocycles. The molecule has 0 heterocycles. The highest BCUT2D eigenvalue weighted by atomic mass is 35.5. The topological polar surface area (TPSA) is 0 Å². The summed E-state index contributed by atoms with van der Waals surface area (Å²) in [5.74, 6) is 0. The summed E-state index contributed by atoms with van der Waals surface area (Å²) in [6.07, 6.45) is 4.49. The standard InChI is InChI=1S/C10H8Cl/c1-3-8-6-5-7-10(11)9(8)4-2/h4-7H,1-2H2. The SMILES string of the molecule is C=[C]c1cccc(Cl)c1C=C. The third kappa shape index (κ3) is 1.52. The predicted octanol–water partition coefficient (Wildman–Crippen LogP) is 3.32. The molecule has 0 fully saturated rings. The Hall–Kier alpha value is -1.01. The van der Waals surface area contributed by atoms with E-state index in [1.165, 1.54) is 0 Å². The Bertz CT molecular complexity index is 287. The lowest BCUT2D eigenvalue weighted by atomic mass is 10.1. The van der Waals surface area contributed by atoms with Crippen molar-refractivity contribution in [1.29, 1.82) is 0 Å². The van der Waals surface area contributed by atoms with Crippen LogP contribution in [-0.2, 0) is 0 Å². The lowest BCUT2D eigenvalue weighted by Gasteiger charge is -2.00. The summed E-state index contributed by atoms with van der Waals surface area (Å²) in [4.78, 5) is 0. The predicted molar refractivity (Wildman–Crippen MR) is 49.5 cm³/mol. The zero-order valence-corrected chi connectivity index (χ0v) is 6.86. The summed E-state index contributed by atoms with van der Waals surface area (Å²) in [7, 11) is 0. The maximum atomic E-state index is 5.87. The van der Waals surface area contributed by atoms with Gasteiger partial charge < -0.3 is 0 Å². The highest BCUT2D eigenvalue weighted by molar-refractivity contribution is 6.32. The second-order valence-corrected chi connectivity index (χ2v) is 2.49. The quantitative estimate of drug-likeness (QED) is 0.628. The molecule has 0 amide bonds. The second kappa shape index (κ2) is 3.40. The van der Waals surface area contributed by atoms with Crippen molar-refractivity contribution in [2.75, 3.05) is 0 Å². The van der Waals surface area contributed by atoms with Crippen LogP contribution in [0.25, 0.3) is 6.08 Å². The van der Waals surface area contributed by atoms with Crippen LogP contribution in [0.15, 0.2) is 31.4 Å². The minimum absolute atomic E-state index is 0.689. The van der Waals surface area contributed by atoms with Crippen molar-refractivity contribution >= 4 is 17.7 Å². The smallest absolute Gasteiger partial charge is 0.0484 e. The van der Waals surface area contributed by atoms with Gasteiger partial charge in [-0.05, 0) is 17.7 Å². The van der Waals surface area contributed by atoms with Crippen molar-refractivity contribution in [1.82, 2.24) is 0 Å². The van der Waals surface area contributed by atoms with Gasteiger partial charge in [-0.3, -0.25) is 0 Å². The van der Waals surface area contributed by atoms with Gasteiger partial charge in [0.15, 0.2) is 0 Å². The van der Waals surface area contributed by atoms with E-state index in [1.54, 1.807) is 6.08 Å². The van der Waals surface area contributed by atoms with Crippen LogP contribution in [0, 0.1) is 6.08 Å². The summed E-state index contributed by atoms with van der Waals surface area (Å²) in [6, 6.07) is 5.58. The molecule has 0 N–H and O–H groups in total. The van der Waals surface area contributed by atoms with Crippen molar-refractivity contribution in [3.8, 4) is 0 Å². The summed E-state index contributed by atoms with van der Waals surface area (Å²) in [5, 5.41) is 0.689. The average molecular weight is 164 g/mol. The molecule has 0 saturated carbocycles. The molecule has 0 unspecified atom stereocenters. The van der Waals surface area contributed by atoms with Crippen molar-refractivity contribution in [2.24, 2.45) is 0 Å². The Kier molecular flexibility index (Phi) is 2.50. The largest absolute Gasteiger partial charge is 0.0984 e. The molecule has 0 aliphatic heterocycles. The Morgan fingerprint density at radius 1 is 1.45 bits per heavy atom. The Balaban J connectivity index is 3.35. The van der Waals surface area contributed by atoms with E-state index in [4.69, 9.17) is 11.6 Å². The molecule has 55 valence electrons. The first kappa shape index (κ1) is 8.09. The van der Waals surface area contributed by atoms with Crippen LogP contribution in [0.4, 0.5) is 0 Å². The highest BCUT2D eigenvalue weighted by Gasteiger charge is 1.98. The summed E-state index contributed by atoms with van der Waals surface area (Å²) < 4.78 is 0. The van der Waals surface area contributed by atoms with Gasteiger partial charge >= 0.3 is 0 Å². The normalized spacial score (nSPS) is 9.18. The van der Waals surface area contributed by atoms with Crippen molar-refractivity contribution in [3.63, 3.8) is 0 Å². The Morgan fingerprint density at radius 3 is 2.64 bits per heavy atom. The van der Waals surface area contributed by atoms with Gasteiger partial charge in [-0.1, -0.05) is 43.0 Å². The molecule has 0 saturated heterocycles. The first-order chi connectivity index (χ1) is 5.29. The fourth-order valence-corrected chi connectivity index (χ4v) is 1.15. The average Bonchev–Trinajstić information content (AvgIpc) is 2.04.